The molecule has 2 heterocycles. The first-order valence-corrected chi connectivity index (χ1v) is 14.6. The Bertz CT molecular complexity index is 1160. The van der Waals surface area contributed by atoms with Crippen molar-refractivity contribution in [2.75, 3.05) is 13.1 Å². The SMILES string of the molecule is CC(C)(C)OC(=O)NCc1ccc(Cl)cc1CN1CCC[C@H]1C(=O)NC(=O)[C@H]1N(C(=O)OC(C)(C)C)CCC1(C)C. The predicted octanol–water partition coefficient (Wildman–Crippen LogP) is 5.01. The molecule has 2 fully saturated rings. The van der Waals surface area contributed by atoms with E-state index >= 15 is 0 Å². The van der Waals surface area contributed by atoms with E-state index in [-0.39, 0.29) is 6.54 Å². The quantitative estimate of drug-likeness (QED) is 0.446. The van der Waals surface area contributed by atoms with Crippen molar-refractivity contribution in [3.63, 3.8) is 0 Å². The Morgan fingerprint density at radius 1 is 0.976 bits per heavy atom. The summed E-state index contributed by atoms with van der Waals surface area (Å²) in [7, 11) is 0. The number of likely N-dealkylation sites (tertiary alicyclic amines) is 2. The first kappa shape index (κ1) is 32.7. The van der Waals surface area contributed by atoms with Crippen molar-refractivity contribution in [1.29, 1.82) is 0 Å². The fraction of sp³-hybridized carbons (Fsp3) is 0.667. The second-order valence-corrected chi connectivity index (χ2v) is 14.0. The number of hydrogen-bond acceptors (Lipinski definition) is 7. The van der Waals surface area contributed by atoms with Gasteiger partial charge in [-0.1, -0.05) is 31.5 Å². The highest BCUT2D eigenvalue weighted by Gasteiger charge is 2.49. The molecule has 2 saturated heterocycles. The van der Waals surface area contributed by atoms with Crippen LogP contribution in [0.3, 0.4) is 0 Å². The summed E-state index contributed by atoms with van der Waals surface area (Å²) in [4.78, 5) is 55.4. The van der Waals surface area contributed by atoms with Crippen LogP contribution in [0, 0.1) is 5.41 Å². The Morgan fingerprint density at radius 3 is 2.27 bits per heavy atom. The van der Waals surface area contributed by atoms with Crippen LogP contribution in [0.1, 0.15) is 85.8 Å². The van der Waals surface area contributed by atoms with Gasteiger partial charge in [-0.2, -0.15) is 0 Å². The second-order valence-electron chi connectivity index (χ2n) is 13.6. The Hall–Kier alpha value is -2.85. The standard InChI is InChI=1S/C30H45ClN4O6/c1-28(2,3)40-26(38)32-17-19-11-12-21(31)16-20(19)18-34-14-9-10-22(34)24(36)33-25(37)23-30(7,8)13-15-35(23)27(39)41-29(4,5)6/h11-12,16,22-23H,9-10,13-15,17-18H2,1-8H3,(H,32,38)(H,33,36,37)/t22-,23+/m0/s1. The third kappa shape index (κ3) is 9.07. The monoisotopic (exact) mass is 592 g/mol. The number of amides is 4. The van der Waals surface area contributed by atoms with Gasteiger partial charge in [-0.15, -0.1) is 0 Å². The molecule has 0 aromatic heterocycles. The topological polar surface area (TPSA) is 117 Å². The van der Waals surface area contributed by atoms with Gasteiger partial charge in [0.15, 0.2) is 0 Å². The van der Waals surface area contributed by atoms with Gasteiger partial charge in [-0.05, 0) is 96.0 Å². The molecule has 2 N–H and O–H groups in total. The Balaban J connectivity index is 1.69. The molecule has 2 aliphatic rings. The summed E-state index contributed by atoms with van der Waals surface area (Å²) in [6.45, 7) is 16.2. The van der Waals surface area contributed by atoms with E-state index < -0.39 is 52.7 Å². The number of nitrogens with zero attached hydrogens (tertiary/aromatic N) is 2. The summed E-state index contributed by atoms with van der Waals surface area (Å²) < 4.78 is 10.9. The molecule has 41 heavy (non-hydrogen) atoms. The maximum atomic E-state index is 13.5. The second kappa shape index (κ2) is 12.6. The zero-order chi connectivity index (χ0) is 30.8. The number of alkyl carbamates (subject to hydrolysis) is 1. The van der Waals surface area contributed by atoms with E-state index in [1.165, 1.54) is 4.90 Å². The van der Waals surface area contributed by atoms with Gasteiger partial charge in [0.25, 0.3) is 0 Å². The lowest BCUT2D eigenvalue weighted by atomic mass is 9.84. The van der Waals surface area contributed by atoms with Gasteiger partial charge in [0.05, 0.1) is 6.04 Å². The highest BCUT2D eigenvalue weighted by molar-refractivity contribution is 6.30. The van der Waals surface area contributed by atoms with E-state index in [4.69, 9.17) is 21.1 Å². The molecule has 0 saturated carbocycles. The number of benzene rings is 1. The van der Waals surface area contributed by atoms with Crippen LogP contribution in [0.5, 0.6) is 0 Å². The zero-order valence-corrected chi connectivity index (χ0v) is 26.3. The molecule has 1 aromatic carbocycles. The Kier molecular flexibility index (Phi) is 10.0. The fourth-order valence-corrected chi connectivity index (χ4v) is 5.50. The molecule has 0 bridgehead atoms. The first-order valence-electron chi connectivity index (χ1n) is 14.2. The van der Waals surface area contributed by atoms with Gasteiger partial charge in [0.2, 0.25) is 11.8 Å². The lowest BCUT2D eigenvalue weighted by Crippen LogP contribution is -2.55. The minimum atomic E-state index is -0.824. The molecule has 3 rings (SSSR count). The van der Waals surface area contributed by atoms with Crippen LogP contribution in [0.4, 0.5) is 9.59 Å². The number of imide groups is 1. The molecule has 2 atom stereocenters. The molecule has 228 valence electrons. The summed E-state index contributed by atoms with van der Waals surface area (Å²) in [5.74, 6) is -0.894. The van der Waals surface area contributed by atoms with Crippen LogP contribution < -0.4 is 10.6 Å². The molecule has 4 amide bonds. The van der Waals surface area contributed by atoms with Crippen LogP contribution in [0.2, 0.25) is 5.02 Å². The number of rotatable bonds is 6. The van der Waals surface area contributed by atoms with E-state index in [1.807, 2.05) is 30.9 Å². The smallest absolute Gasteiger partial charge is 0.410 e. The maximum absolute atomic E-state index is 13.5. The van der Waals surface area contributed by atoms with Crippen molar-refractivity contribution in [2.24, 2.45) is 5.41 Å². The van der Waals surface area contributed by atoms with Crippen LogP contribution in [-0.4, -0.2) is 70.2 Å². The van der Waals surface area contributed by atoms with Crippen molar-refractivity contribution < 1.29 is 28.7 Å². The third-order valence-corrected chi connectivity index (χ3v) is 7.44. The number of hydrogen-bond donors (Lipinski definition) is 2. The van der Waals surface area contributed by atoms with E-state index in [9.17, 15) is 19.2 Å². The van der Waals surface area contributed by atoms with Gasteiger partial charge in [0.1, 0.15) is 17.2 Å². The van der Waals surface area contributed by atoms with Gasteiger partial charge in [0, 0.05) is 24.7 Å². The minimum absolute atomic E-state index is 0.238. The number of carbonyl (C=O) groups is 4. The minimum Gasteiger partial charge on any atom is -0.444 e. The van der Waals surface area contributed by atoms with Crippen molar-refractivity contribution >= 4 is 35.6 Å². The highest BCUT2D eigenvalue weighted by atomic mass is 35.5. The molecule has 0 spiro atoms. The molecule has 1 aromatic rings. The van der Waals surface area contributed by atoms with E-state index in [2.05, 4.69) is 10.6 Å². The van der Waals surface area contributed by atoms with Crippen LogP contribution in [0.15, 0.2) is 18.2 Å². The van der Waals surface area contributed by atoms with Crippen molar-refractivity contribution in [1.82, 2.24) is 20.4 Å². The molecule has 11 heteroatoms. The largest absolute Gasteiger partial charge is 0.444 e. The summed E-state index contributed by atoms with van der Waals surface area (Å²) in [5, 5.41) is 5.92. The lowest BCUT2D eigenvalue weighted by molar-refractivity contribution is -0.137. The molecule has 0 aliphatic carbocycles. The Labute approximate surface area is 248 Å². The average Bonchev–Trinajstić information content (AvgIpc) is 3.39. The molecule has 10 nitrogen and oxygen atoms in total. The summed E-state index contributed by atoms with van der Waals surface area (Å²) in [6.07, 6.45) is 0.909. The summed E-state index contributed by atoms with van der Waals surface area (Å²) >= 11 is 6.30. The zero-order valence-electron chi connectivity index (χ0n) is 25.6. The van der Waals surface area contributed by atoms with Gasteiger partial charge in [-0.25, -0.2) is 9.59 Å². The predicted molar refractivity (Wildman–Crippen MR) is 156 cm³/mol. The van der Waals surface area contributed by atoms with E-state index in [1.54, 1.807) is 47.6 Å². The number of nitrogens with one attached hydrogen (secondary N) is 2. The van der Waals surface area contributed by atoms with Gasteiger partial charge < -0.3 is 14.8 Å². The lowest BCUT2D eigenvalue weighted by Gasteiger charge is -2.33. The number of halogens is 1. The number of ether oxygens (including phenoxy) is 2. The summed E-state index contributed by atoms with van der Waals surface area (Å²) in [5.41, 5.74) is -0.117. The molecular weight excluding hydrogens is 548 g/mol. The van der Waals surface area contributed by atoms with Crippen molar-refractivity contribution in [3.05, 3.63) is 34.3 Å². The van der Waals surface area contributed by atoms with Crippen molar-refractivity contribution in [3.8, 4) is 0 Å². The van der Waals surface area contributed by atoms with Crippen LogP contribution >= 0.6 is 11.6 Å². The normalized spacial score (nSPS) is 21.0. The maximum Gasteiger partial charge on any atom is 0.410 e. The third-order valence-electron chi connectivity index (χ3n) is 7.20. The first-order chi connectivity index (χ1) is 18.9. The van der Waals surface area contributed by atoms with Crippen molar-refractivity contribution in [2.45, 2.75) is 111 Å². The molecule has 0 unspecified atom stereocenters. The molecule has 2 aliphatic heterocycles. The number of carbonyl (C=O) groups excluding carboxylic acids is 4. The van der Waals surface area contributed by atoms with Gasteiger partial charge in [-0.3, -0.25) is 24.7 Å². The van der Waals surface area contributed by atoms with E-state index in [0.29, 0.717) is 37.5 Å². The van der Waals surface area contributed by atoms with Gasteiger partial charge >= 0.3 is 12.2 Å². The van der Waals surface area contributed by atoms with E-state index in [0.717, 1.165) is 17.5 Å². The average molecular weight is 593 g/mol. The highest BCUT2D eigenvalue weighted by Crippen LogP contribution is 2.37. The fourth-order valence-electron chi connectivity index (χ4n) is 5.31. The Morgan fingerprint density at radius 2 is 1.63 bits per heavy atom. The van der Waals surface area contributed by atoms with Crippen LogP contribution in [-0.2, 0) is 32.2 Å². The molecule has 0 radical (unpaired) electrons. The van der Waals surface area contributed by atoms with Crippen LogP contribution in [0.25, 0.3) is 0 Å². The summed E-state index contributed by atoms with van der Waals surface area (Å²) in [6, 6.07) is 4.07. The molecular formula is C30H45ClN4O6.